The molecule has 1 amide bonds. The Morgan fingerprint density at radius 3 is 2.38 bits per heavy atom. The predicted molar refractivity (Wildman–Crippen MR) is 84.1 cm³/mol. The molecule has 0 heterocycles. The minimum Gasteiger partial charge on any atom is -0.481 e. The topological polar surface area (TPSA) is 66.4 Å². The van der Waals surface area contributed by atoms with Gasteiger partial charge in [-0.1, -0.05) is 52.4 Å². The normalized spacial score (nSPS) is 19.0. The minimum atomic E-state index is -0.812. The van der Waals surface area contributed by atoms with Crippen LogP contribution in [0.15, 0.2) is 0 Å². The third-order valence-electron chi connectivity index (χ3n) is 4.89. The van der Waals surface area contributed by atoms with Crippen LogP contribution in [0.2, 0.25) is 0 Å². The Hall–Kier alpha value is -1.06. The highest BCUT2D eigenvalue weighted by molar-refractivity contribution is 5.85. The average molecular weight is 297 g/mol. The molecule has 2 N–H and O–H groups in total. The van der Waals surface area contributed by atoms with Crippen LogP contribution < -0.4 is 5.32 Å². The van der Waals surface area contributed by atoms with Crippen molar-refractivity contribution in [2.24, 2.45) is 11.3 Å². The maximum atomic E-state index is 12.1. The van der Waals surface area contributed by atoms with E-state index in [4.69, 9.17) is 0 Å². The zero-order valence-electron chi connectivity index (χ0n) is 13.6. The highest BCUT2D eigenvalue weighted by Gasteiger charge is 2.41. The molecule has 4 heteroatoms. The first kappa shape index (κ1) is 18.0. The molecule has 1 saturated carbocycles. The summed E-state index contributed by atoms with van der Waals surface area (Å²) < 4.78 is 0. The van der Waals surface area contributed by atoms with Crippen molar-refractivity contribution in [3.63, 3.8) is 0 Å². The summed E-state index contributed by atoms with van der Waals surface area (Å²) in [6.45, 7) is 5.00. The smallest absolute Gasteiger partial charge is 0.310 e. The maximum Gasteiger partial charge on any atom is 0.310 e. The van der Waals surface area contributed by atoms with Gasteiger partial charge in [0.25, 0.3) is 0 Å². The highest BCUT2D eigenvalue weighted by Crippen LogP contribution is 2.39. The maximum absolute atomic E-state index is 12.1. The molecule has 122 valence electrons. The van der Waals surface area contributed by atoms with Gasteiger partial charge in [0.2, 0.25) is 5.91 Å². The summed E-state index contributed by atoms with van der Waals surface area (Å²) in [4.78, 5) is 23.7. The van der Waals surface area contributed by atoms with E-state index < -0.39 is 11.4 Å². The fourth-order valence-electron chi connectivity index (χ4n) is 3.27. The largest absolute Gasteiger partial charge is 0.481 e. The van der Waals surface area contributed by atoms with Gasteiger partial charge in [-0.25, -0.2) is 0 Å². The Labute approximate surface area is 128 Å². The fraction of sp³-hybridized carbons (Fsp3) is 0.882. The number of rotatable bonds is 9. The van der Waals surface area contributed by atoms with Gasteiger partial charge in [-0.05, 0) is 25.2 Å². The van der Waals surface area contributed by atoms with Crippen LogP contribution in [0.3, 0.4) is 0 Å². The van der Waals surface area contributed by atoms with Gasteiger partial charge < -0.3 is 10.4 Å². The Kier molecular flexibility index (Phi) is 7.76. The average Bonchev–Trinajstić information content (AvgIpc) is 2.48. The lowest BCUT2D eigenvalue weighted by atomic mass is 9.71. The first-order valence-corrected chi connectivity index (χ1v) is 8.54. The second-order valence-corrected chi connectivity index (χ2v) is 6.54. The van der Waals surface area contributed by atoms with E-state index in [1.54, 1.807) is 0 Å². The number of carboxylic acid groups (broad SMARTS) is 1. The van der Waals surface area contributed by atoms with Gasteiger partial charge in [0, 0.05) is 13.0 Å². The number of nitrogens with one attached hydrogen (secondary N) is 1. The van der Waals surface area contributed by atoms with Crippen molar-refractivity contribution in [3.05, 3.63) is 0 Å². The molecule has 0 aliphatic heterocycles. The van der Waals surface area contributed by atoms with E-state index in [2.05, 4.69) is 19.2 Å². The SMILES string of the molecule is CCCCC(CC)CNC(=O)CC1(C(=O)O)CCCCC1. The Bertz CT molecular complexity index is 335. The molecule has 0 spiro atoms. The van der Waals surface area contributed by atoms with E-state index >= 15 is 0 Å². The van der Waals surface area contributed by atoms with Crippen molar-refractivity contribution in [1.82, 2.24) is 5.32 Å². The quantitative estimate of drug-likeness (QED) is 0.681. The predicted octanol–water partition coefficient (Wildman–Crippen LogP) is 3.74. The minimum absolute atomic E-state index is 0.0887. The van der Waals surface area contributed by atoms with E-state index in [9.17, 15) is 14.7 Å². The molecule has 21 heavy (non-hydrogen) atoms. The van der Waals surface area contributed by atoms with Crippen LogP contribution >= 0.6 is 0 Å². The standard InChI is InChI=1S/C17H31NO3/c1-3-5-9-14(4-2)13-18-15(19)12-17(16(20)21)10-7-6-8-11-17/h14H,3-13H2,1-2H3,(H,18,19)(H,20,21). The van der Waals surface area contributed by atoms with E-state index in [1.165, 1.54) is 12.8 Å². The first-order chi connectivity index (χ1) is 10.0. The molecule has 1 aliphatic carbocycles. The lowest BCUT2D eigenvalue weighted by Crippen LogP contribution is -2.40. The van der Waals surface area contributed by atoms with Crippen molar-refractivity contribution in [2.45, 2.75) is 78.1 Å². The molecule has 0 saturated heterocycles. The summed E-state index contributed by atoms with van der Waals surface area (Å²) >= 11 is 0. The van der Waals surface area contributed by atoms with Gasteiger partial charge in [0.1, 0.15) is 0 Å². The van der Waals surface area contributed by atoms with E-state index in [0.29, 0.717) is 25.3 Å². The molecule has 1 aliphatic rings. The van der Waals surface area contributed by atoms with Crippen LogP contribution in [0.25, 0.3) is 0 Å². The molecule has 0 radical (unpaired) electrons. The van der Waals surface area contributed by atoms with Crippen LogP contribution in [0.4, 0.5) is 0 Å². The van der Waals surface area contributed by atoms with Crippen LogP contribution in [0.1, 0.15) is 78.1 Å². The number of aliphatic carboxylic acids is 1. The lowest BCUT2D eigenvalue weighted by Gasteiger charge is -2.32. The van der Waals surface area contributed by atoms with E-state index in [-0.39, 0.29) is 12.3 Å². The molecule has 4 nitrogen and oxygen atoms in total. The zero-order valence-corrected chi connectivity index (χ0v) is 13.6. The number of carbonyl (C=O) groups is 2. The lowest BCUT2D eigenvalue weighted by molar-refractivity contribution is -0.154. The van der Waals surface area contributed by atoms with Crippen LogP contribution in [0.5, 0.6) is 0 Å². The Morgan fingerprint density at radius 1 is 1.19 bits per heavy atom. The molecular formula is C17H31NO3. The van der Waals surface area contributed by atoms with Gasteiger partial charge in [-0.2, -0.15) is 0 Å². The second kappa shape index (κ2) is 9.06. The van der Waals surface area contributed by atoms with Gasteiger partial charge in [0.05, 0.1) is 5.41 Å². The van der Waals surface area contributed by atoms with Gasteiger partial charge in [-0.15, -0.1) is 0 Å². The summed E-state index contributed by atoms with van der Waals surface area (Å²) in [6.07, 6.45) is 8.92. The molecule has 0 aromatic carbocycles. The molecule has 0 bridgehead atoms. The summed E-state index contributed by atoms with van der Waals surface area (Å²) in [5, 5.41) is 12.5. The Morgan fingerprint density at radius 2 is 1.86 bits per heavy atom. The Balaban J connectivity index is 2.45. The van der Waals surface area contributed by atoms with Crippen molar-refractivity contribution in [2.75, 3.05) is 6.54 Å². The van der Waals surface area contributed by atoms with Gasteiger partial charge >= 0.3 is 5.97 Å². The van der Waals surface area contributed by atoms with E-state index in [0.717, 1.165) is 32.1 Å². The number of unbranched alkanes of at least 4 members (excludes halogenated alkanes) is 1. The number of hydrogen-bond acceptors (Lipinski definition) is 2. The van der Waals surface area contributed by atoms with Crippen molar-refractivity contribution >= 4 is 11.9 Å². The second-order valence-electron chi connectivity index (χ2n) is 6.54. The van der Waals surface area contributed by atoms with E-state index in [1.807, 2.05) is 0 Å². The van der Waals surface area contributed by atoms with Gasteiger partial charge in [0.15, 0.2) is 0 Å². The number of amides is 1. The molecule has 1 fully saturated rings. The summed E-state index contributed by atoms with van der Waals surface area (Å²) in [7, 11) is 0. The summed E-state index contributed by atoms with van der Waals surface area (Å²) in [6, 6.07) is 0. The fourth-order valence-corrected chi connectivity index (χ4v) is 3.27. The summed E-state index contributed by atoms with van der Waals surface area (Å²) in [5.74, 6) is -0.370. The monoisotopic (exact) mass is 297 g/mol. The number of carbonyl (C=O) groups excluding carboxylic acids is 1. The van der Waals surface area contributed by atoms with Crippen molar-refractivity contribution in [1.29, 1.82) is 0 Å². The summed E-state index contributed by atoms with van der Waals surface area (Å²) in [5.41, 5.74) is -0.812. The number of carboxylic acids is 1. The molecule has 0 aromatic rings. The van der Waals surface area contributed by atoms with Crippen molar-refractivity contribution < 1.29 is 14.7 Å². The third-order valence-corrected chi connectivity index (χ3v) is 4.89. The van der Waals surface area contributed by atoms with Crippen LogP contribution in [-0.2, 0) is 9.59 Å². The van der Waals surface area contributed by atoms with Crippen molar-refractivity contribution in [3.8, 4) is 0 Å². The third kappa shape index (κ3) is 5.68. The molecule has 0 aromatic heterocycles. The zero-order chi connectivity index (χ0) is 15.7. The van der Waals surface area contributed by atoms with Gasteiger partial charge in [-0.3, -0.25) is 9.59 Å². The molecule has 1 unspecified atom stereocenters. The van der Waals surface area contributed by atoms with Crippen LogP contribution in [-0.4, -0.2) is 23.5 Å². The number of hydrogen-bond donors (Lipinski definition) is 2. The highest BCUT2D eigenvalue weighted by atomic mass is 16.4. The molecule has 1 atom stereocenters. The first-order valence-electron chi connectivity index (χ1n) is 8.54. The molecule has 1 rings (SSSR count). The van der Waals surface area contributed by atoms with Crippen LogP contribution in [0, 0.1) is 11.3 Å². The molecular weight excluding hydrogens is 266 g/mol.